The van der Waals surface area contributed by atoms with Crippen LogP contribution < -0.4 is 18.9 Å². The van der Waals surface area contributed by atoms with Gasteiger partial charge < -0.3 is 33.5 Å². The van der Waals surface area contributed by atoms with Crippen LogP contribution in [-0.2, 0) is 11.2 Å². The van der Waals surface area contributed by atoms with Gasteiger partial charge in [0.25, 0.3) is 0 Å². The minimum Gasteiger partial charge on any atom is -0.632 e. The average molecular weight is 413 g/mol. The standard InChI is InChI=1S/C22H23NO7/c1-11-16-12(9-15-19(11)29-10-28-15)7-8-23(2,25)18(16)20-13-5-6-14(26-3)21(27-4)17(13)22(24)30-20/h5-6,9,18,20H,7-8,10H2,1-4H3. The van der Waals surface area contributed by atoms with Crippen LogP contribution in [0.15, 0.2) is 18.2 Å². The van der Waals surface area contributed by atoms with Crippen molar-refractivity contribution in [3.8, 4) is 23.0 Å². The summed E-state index contributed by atoms with van der Waals surface area (Å²) in [6, 6.07) is 4.83. The number of hydroxylamine groups is 3. The Morgan fingerprint density at radius 3 is 2.73 bits per heavy atom. The first-order valence-electron chi connectivity index (χ1n) is 9.81. The van der Waals surface area contributed by atoms with Gasteiger partial charge in [-0.05, 0) is 24.6 Å². The molecule has 3 aliphatic heterocycles. The number of hydrogen-bond acceptors (Lipinski definition) is 7. The SMILES string of the molecule is COc1ccc2c(c1OC)C(=O)OC2C1c2c(cc3c(c2C)OCO3)CC[N+]1(C)[O-]. The summed E-state index contributed by atoms with van der Waals surface area (Å²) in [5.41, 5.74) is 3.69. The van der Waals surface area contributed by atoms with E-state index in [9.17, 15) is 10.0 Å². The summed E-state index contributed by atoms with van der Waals surface area (Å²) in [6.45, 7) is 2.45. The first-order chi connectivity index (χ1) is 14.4. The Morgan fingerprint density at radius 1 is 1.20 bits per heavy atom. The maximum atomic E-state index is 13.7. The van der Waals surface area contributed by atoms with E-state index in [1.54, 1.807) is 19.2 Å². The molecule has 3 unspecified atom stereocenters. The van der Waals surface area contributed by atoms with Gasteiger partial charge in [-0.1, -0.05) is 6.07 Å². The normalized spacial score (nSPS) is 26.1. The van der Waals surface area contributed by atoms with Crippen molar-refractivity contribution in [3.05, 3.63) is 51.2 Å². The highest BCUT2D eigenvalue weighted by Gasteiger charge is 2.49. The van der Waals surface area contributed by atoms with Crippen molar-refractivity contribution in [1.29, 1.82) is 0 Å². The Labute approximate surface area is 174 Å². The van der Waals surface area contributed by atoms with Gasteiger partial charge in [0.15, 0.2) is 35.1 Å². The molecule has 8 nitrogen and oxygen atoms in total. The fraction of sp³-hybridized carbons (Fsp3) is 0.409. The Bertz CT molecular complexity index is 1060. The van der Waals surface area contributed by atoms with Crippen LogP contribution >= 0.6 is 0 Å². The molecule has 0 amide bonds. The van der Waals surface area contributed by atoms with Crippen LogP contribution in [-0.4, -0.2) is 45.2 Å². The van der Waals surface area contributed by atoms with Crippen molar-refractivity contribution in [2.45, 2.75) is 25.5 Å². The second-order valence-corrected chi connectivity index (χ2v) is 7.99. The number of fused-ring (bicyclic) bond motifs is 3. The number of carbonyl (C=O) groups excluding carboxylic acids is 1. The molecule has 2 aromatic rings. The Hall–Kier alpha value is -2.97. The molecular weight excluding hydrogens is 390 g/mol. The highest BCUT2D eigenvalue weighted by atomic mass is 16.7. The topological polar surface area (TPSA) is 86.3 Å². The lowest BCUT2D eigenvalue weighted by Crippen LogP contribution is -2.49. The molecule has 3 atom stereocenters. The fourth-order valence-corrected chi connectivity index (χ4v) is 4.96. The lowest BCUT2D eigenvalue weighted by Gasteiger charge is -2.51. The lowest BCUT2D eigenvalue weighted by atomic mass is 9.83. The molecule has 158 valence electrons. The zero-order valence-electron chi connectivity index (χ0n) is 17.3. The second-order valence-electron chi connectivity index (χ2n) is 7.99. The van der Waals surface area contributed by atoms with E-state index in [0.29, 0.717) is 47.1 Å². The van der Waals surface area contributed by atoms with Gasteiger partial charge in [-0.2, -0.15) is 0 Å². The highest BCUT2D eigenvalue weighted by Crippen LogP contribution is 2.54. The van der Waals surface area contributed by atoms with E-state index in [-0.39, 0.29) is 6.79 Å². The van der Waals surface area contributed by atoms with Gasteiger partial charge in [-0.15, -0.1) is 0 Å². The van der Waals surface area contributed by atoms with E-state index in [1.807, 2.05) is 13.0 Å². The molecule has 3 heterocycles. The zero-order valence-corrected chi connectivity index (χ0v) is 17.3. The highest BCUT2D eigenvalue weighted by molar-refractivity contribution is 5.98. The van der Waals surface area contributed by atoms with Gasteiger partial charge >= 0.3 is 5.97 Å². The predicted molar refractivity (Wildman–Crippen MR) is 106 cm³/mol. The monoisotopic (exact) mass is 413 g/mol. The minimum atomic E-state index is -0.743. The number of esters is 1. The van der Waals surface area contributed by atoms with Gasteiger partial charge in [-0.25, -0.2) is 4.79 Å². The lowest BCUT2D eigenvalue weighted by molar-refractivity contribution is -0.899. The van der Waals surface area contributed by atoms with E-state index in [0.717, 1.165) is 16.7 Å². The molecule has 0 saturated heterocycles. The molecule has 0 aliphatic carbocycles. The van der Waals surface area contributed by atoms with Crippen LogP contribution in [0.1, 0.15) is 44.8 Å². The molecule has 0 aromatic heterocycles. The van der Waals surface area contributed by atoms with Crippen molar-refractivity contribution in [1.82, 2.24) is 0 Å². The van der Waals surface area contributed by atoms with E-state index >= 15 is 0 Å². The van der Waals surface area contributed by atoms with Crippen molar-refractivity contribution < 1.29 is 33.1 Å². The molecule has 8 heteroatoms. The summed E-state index contributed by atoms with van der Waals surface area (Å²) in [5, 5.41) is 13.7. The number of likely N-dealkylation sites (N-methyl/N-ethyl adjacent to an activating group) is 1. The molecule has 30 heavy (non-hydrogen) atoms. The molecule has 0 radical (unpaired) electrons. The third kappa shape index (κ3) is 2.50. The summed E-state index contributed by atoms with van der Waals surface area (Å²) in [5.74, 6) is 1.59. The summed E-state index contributed by atoms with van der Waals surface area (Å²) in [6.07, 6.45) is -0.129. The molecule has 0 saturated carbocycles. The minimum absolute atomic E-state index is 0.158. The molecule has 5 rings (SSSR count). The van der Waals surface area contributed by atoms with Crippen molar-refractivity contribution in [2.24, 2.45) is 0 Å². The average Bonchev–Trinajstić information content (AvgIpc) is 3.32. The van der Waals surface area contributed by atoms with Gasteiger partial charge in [0.2, 0.25) is 6.79 Å². The van der Waals surface area contributed by atoms with Crippen molar-refractivity contribution in [2.75, 3.05) is 34.6 Å². The number of hydrogen-bond donors (Lipinski definition) is 0. The molecule has 0 bridgehead atoms. The van der Waals surface area contributed by atoms with Gasteiger partial charge in [-0.3, -0.25) is 0 Å². The van der Waals surface area contributed by atoms with Crippen LogP contribution in [0, 0.1) is 12.1 Å². The van der Waals surface area contributed by atoms with Crippen LogP contribution in [0.25, 0.3) is 0 Å². The maximum absolute atomic E-state index is 13.7. The predicted octanol–water partition coefficient (Wildman–Crippen LogP) is 3.19. The third-order valence-corrected chi connectivity index (χ3v) is 6.36. The van der Waals surface area contributed by atoms with Crippen LogP contribution in [0.5, 0.6) is 23.0 Å². The summed E-state index contributed by atoms with van der Waals surface area (Å²) >= 11 is 0. The molecular formula is C22H23NO7. The number of rotatable bonds is 3. The van der Waals surface area contributed by atoms with Gasteiger partial charge in [0.05, 0.1) is 27.8 Å². The Kier molecular flexibility index (Phi) is 4.13. The maximum Gasteiger partial charge on any atom is 0.343 e. The number of methoxy groups -OCH3 is 2. The second kappa shape index (κ2) is 6.52. The number of cyclic esters (lactones) is 1. The number of quaternary nitrogens is 1. The smallest absolute Gasteiger partial charge is 0.343 e. The number of ether oxygens (including phenoxy) is 5. The van der Waals surface area contributed by atoms with Gasteiger partial charge in [0, 0.05) is 23.1 Å². The first kappa shape index (κ1) is 19.0. The number of benzene rings is 2. The van der Waals surface area contributed by atoms with Gasteiger partial charge in [0.1, 0.15) is 5.56 Å². The Morgan fingerprint density at radius 2 is 2.00 bits per heavy atom. The van der Waals surface area contributed by atoms with E-state index in [2.05, 4.69) is 0 Å². The van der Waals surface area contributed by atoms with Crippen LogP contribution in [0.3, 0.4) is 0 Å². The molecule has 0 fully saturated rings. The largest absolute Gasteiger partial charge is 0.632 e. The molecule has 0 spiro atoms. The fourth-order valence-electron chi connectivity index (χ4n) is 4.96. The Balaban J connectivity index is 1.71. The number of carbonyl (C=O) groups is 1. The molecule has 3 aliphatic rings. The van der Waals surface area contributed by atoms with Crippen molar-refractivity contribution in [3.63, 3.8) is 0 Å². The first-order valence-corrected chi connectivity index (χ1v) is 9.81. The van der Waals surface area contributed by atoms with Crippen molar-refractivity contribution >= 4 is 5.97 Å². The van der Waals surface area contributed by atoms with Crippen LogP contribution in [0.2, 0.25) is 0 Å². The summed E-state index contributed by atoms with van der Waals surface area (Å²) in [7, 11) is 4.62. The quantitative estimate of drug-likeness (QED) is 0.434. The van der Waals surface area contributed by atoms with E-state index in [4.69, 9.17) is 23.7 Å². The third-order valence-electron chi connectivity index (χ3n) is 6.36. The zero-order chi connectivity index (χ0) is 21.2. The van der Waals surface area contributed by atoms with E-state index < -0.39 is 22.8 Å². The van der Waals surface area contributed by atoms with E-state index in [1.165, 1.54) is 14.2 Å². The van der Waals surface area contributed by atoms with Crippen LogP contribution in [0.4, 0.5) is 0 Å². The number of nitrogens with zero attached hydrogens (tertiary/aromatic N) is 1. The summed E-state index contributed by atoms with van der Waals surface area (Å²) in [4.78, 5) is 12.9. The summed E-state index contributed by atoms with van der Waals surface area (Å²) < 4.78 is 27.3. The molecule has 2 aromatic carbocycles. The molecule has 0 N–H and O–H groups in total.